The SMILES string of the molecule is COC(=O)C[C@@H]1CN(c2cc(C#N)cc(Nc3nc(NC4CC4)c4ncc(C#N)n4n3)c2Cl)C[C@H]1C. The third-order valence-corrected chi connectivity index (χ3v) is 6.99. The van der Waals surface area contributed by atoms with Gasteiger partial charge in [0.2, 0.25) is 5.95 Å². The summed E-state index contributed by atoms with van der Waals surface area (Å²) in [6.45, 7) is 3.39. The van der Waals surface area contributed by atoms with Crippen LogP contribution in [0.1, 0.15) is 37.4 Å². The van der Waals surface area contributed by atoms with E-state index in [4.69, 9.17) is 16.3 Å². The molecule has 3 heterocycles. The van der Waals surface area contributed by atoms with Crippen LogP contribution >= 0.6 is 11.6 Å². The summed E-state index contributed by atoms with van der Waals surface area (Å²) in [7, 11) is 1.39. The number of hydrogen-bond donors (Lipinski definition) is 2. The van der Waals surface area contributed by atoms with Crippen molar-refractivity contribution >= 4 is 46.4 Å². The topological polar surface area (TPSA) is 144 Å². The summed E-state index contributed by atoms with van der Waals surface area (Å²) in [5, 5.41) is 30.5. The van der Waals surface area contributed by atoms with Crippen molar-refractivity contribution in [3.05, 3.63) is 34.6 Å². The highest BCUT2D eigenvalue weighted by Gasteiger charge is 2.33. The second kappa shape index (κ2) is 9.51. The lowest BCUT2D eigenvalue weighted by Gasteiger charge is -2.22. The fourth-order valence-corrected chi connectivity index (χ4v) is 4.71. The molecule has 2 atom stereocenters. The van der Waals surface area contributed by atoms with Gasteiger partial charge in [0.25, 0.3) is 0 Å². The van der Waals surface area contributed by atoms with Gasteiger partial charge in [-0.1, -0.05) is 18.5 Å². The van der Waals surface area contributed by atoms with Gasteiger partial charge in [0.15, 0.2) is 17.2 Å². The molecule has 5 rings (SSSR count). The molecule has 0 spiro atoms. The minimum atomic E-state index is -0.243. The Morgan fingerprint density at radius 2 is 2.08 bits per heavy atom. The molecule has 3 aromatic rings. The van der Waals surface area contributed by atoms with Crippen LogP contribution in [0, 0.1) is 34.5 Å². The smallest absolute Gasteiger partial charge is 0.305 e. The van der Waals surface area contributed by atoms with Crippen molar-refractivity contribution in [2.24, 2.45) is 11.8 Å². The van der Waals surface area contributed by atoms with Crippen LogP contribution < -0.4 is 15.5 Å². The standard InChI is InChI=1S/C24H24ClN9O2/c1-13-11-33(12-15(13)7-20(35)36-2)19-6-14(8-26)5-18(21(19)25)30-24-31-22(29-16-3-4-16)23-28-10-17(9-27)34(23)32-24/h5-6,10,13,15-16H,3-4,7,11-12H2,1-2H3,(H2,29,30,31,32)/t13-,15-/m1/s1. The van der Waals surface area contributed by atoms with Crippen molar-refractivity contribution in [2.75, 3.05) is 35.7 Å². The maximum Gasteiger partial charge on any atom is 0.305 e. The fraction of sp³-hybridized carbons (Fsp3) is 0.417. The molecule has 1 aliphatic carbocycles. The predicted molar refractivity (Wildman–Crippen MR) is 133 cm³/mol. The van der Waals surface area contributed by atoms with Gasteiger partial charge in [-0.3, -0.25) is 4.79 Å². The molecule has 1 saturated carbocycles. The number of hydrogen-bond acceptors (Lipinski definition) is 10. The number of nitrogens with zero attached hydrogens (tertiary/aromatic N) is 7. The van der Waals surface area contributed by atoms with E-state index >= 15 is 0 Å². The van der Waals surface area contributed by atoms with Crippen LogP contribution in [0.25, 0.3) is 5.65 Å². The van der Waals surface area contributed by atoms with Gasteiger partial charge in [-0.2, -0.15) is 20.0 Å². The number of imidazole rings is 1. The van der Waals surface area contributed by atoms with E-state index in [1.807, 2.05) is 0 Å². The average Bonchev–Trinajstić information content (AvgIpc) is 3.48. The van der Waals surface area contributed by atoms with E-state index in [0.29, 0.717) is 59.0 Å². The zero-order chi connectivity index (χ0) is 25.4. The third kappa shape index (κ3) is 4.58. The van der Waals surface area contributed by atoms with Gasteiger partial charge in [0, 0.05) is 19.1 Å². The molecule has 1 saturated heterocycles. The van der Waals surface area contributed by atoms with Crippen LogP contribution in [0.2, 0.25) is 5.02 Å². The van der Waals surface area contributed by atoms with Crippen molar-refractivity contribution in [3.8, 4) is 12.1 Å². The molecule has 36 heavy (non-hydrogen) atoms. The Labute approximate surface area is 212 Å². The maximum atomic E-state index is 11.8. The highest BCUT2D eigenvalue weighted by atomic mass is 35.5. The van der Waals surface area contributed by atoms with Crippen molar-refractivity contribution in [1.82, 2.24) is 19.6 Å². The minimum absolute atomic E-state index is 0.114. The Morgan fingerprint density at radius 3 is 2.78 bits per heavy atom. The quantitative estimate of drug-likeness (QED) is 0.458. The molecule has 1 aromatic carbocycles. The number of carbonyl (C=O) groups excluding carboxylic acids is 1. The number of benzene rings is 1. The number of esters is 1. The summed E-state index contributed by atoms with van der Waals surface area (Å²) < 4.78 is 6.28. The van der Waals surface area contributed by atoms with Crippen LogP contribution in [-0.2, 0) is 9.53 Å². The molecular weight excluding hydrogens is 482 g/mol. The number of nitrogens with one attached hydrogen (secondary N) is 2. The molecule has 0 unspecified atom stereocenters. The summed E-state index contributed by atoms with van der Waals surface area (Å²) in [6.07, 6.45) is 3.85. The van der Waals surface area contributed by atoms with Gasteiger partial charge in [-0.05, 0) is 36.8 Å². The lowest BCUT2D eigenvalue weighted by molar-refractivity contribution is -0.141. The molecule has 0 bridgehead atoms. The molecule has 2 N–H and O–H groups in total. The first-order valence-corrected chi connectivity index (χ1v) is 12.0. The van der Waals surface area contributed by atoms with Gasteiger partial charge < -0.3 is 20.3 Å². The number of rotatable bonds is 7. The number of anilines is 4. The van der Waals surface area contributed by atoms with E-state index in [1.165, 1.54) is 17.8 Å². The number of ether oxygens (including phenoxy) is 1. The lowest BCUT2D eigenvalue weighted by Crippen LogP contribution is -2.21. The van der Waals surface area contributed by atoms with E-state index in [0.717, 1.165) is 12.8 Å². The predicted octanol–water partition coefficient (Wildman–Crippen LogP) is 3.47. The number of carbonyl (C=O) groups is 1. The summed E-state index contributed by atoms with van der Waals surface area (Å²) in [5.74, 6) is 0.843. The third-order valence-electron chi connectivity index (χ3n) is 6.59. The Balaban J connectivity index is 1.49. The average molecular weight is 506 g/mol. The van der Waals surface area contributed by atoms with Gasteiger partial charge in [0.1, 0.15) is 6.07 Å². The molecule has 1 aliphatic heterocycles. The van der Waals surface area contributed by atoms with Crippen LogP contribution in [-0.4, -0.2) is 51.8 Å². The second-order valence-electron chi connectivity index (χ2n) is 9.21. The van der Waals surface area contributed by atoms with Gasteiger partial charge in [-0.15, -0.1) is 5.10 Å². The highest BCUT2D eigenvalue weighted by molar-refractivity contribution is 6.36. The second-order valence-corrected chi connectivity index (χ2v) is 9.59. The zero-order valence-corrected chi connectivity index (χ0v) is 20.6. The summed E-state index contributed by atoms with van der Waals surface area (Å²) >= 11 is 6.84. The van der Waals surface area contributed by atoms with Crippen LogP contribution in [0.15, 0.2) is 18.3 Å². The van der Waals surface area contributed by atoms with E-state index in [2.05, 4.69) is 49.7 Å². The monoisotopic (exact) mass is 505 g/mol. The minimum Gasteiger partial charge on any atom is -0.469 e. The Bertz CT molecular complexity index is 1420. The van der Waals surface area contributed by atoms with Crippen molar-refractivity contribution in [3.63, 3.8) is 0 Å². The molecule has 11 nitrogen and oxygen atoms in total. The molecule has 0 radical (unpaired) electrons. The van der Waals surface area contributed by atoms with Crippen molar-refractivity contribution < 1.29 is 9.53 Å². The highest BCUT2D eigenvalue weighted by Crippen LogP contribution is 2.40. The van der Waals surface area contributed by atoms with Gasteiger partial charge in [-0.25, -0.2) is 4.98 Å². The first-order valence-electron chi connectivity index (χ1n) is 11.6. The van der Waals surface area contributed by atoms with E-state index in [9.17, 15) is 15.3 Å². The number of halogens is 1. The van der Waals surface area contributed by atoms with E-state index in [-0.39, 0.29) is 29.4 Å². The molecule has 2 fully saturated rings. The molecule has 0 amide bonds. The molecule has 12 heteroatoms. The van der Waals surface area contributed by atoms with Gasteiger partial charge in [0.05, 0.1) is 47.8 Å². The van der Waals surface area contributed by atoms with Crippen molar-refractivity contribution in [2.45, 2.75) is 32.2 Å². The molecular formula is C24H24ClN9O2. The Hall–Kier alpha value is -4.09. The number of aromatic nitrogens is 4. The normalized spacial score (nSPS) is 19.1. The zero-order valence-electron chi connectivity index (χ0n) is 19.8. The van der Waals surface area contributed by atoms with Gasteiger partial charge >= 0.3 is 5.97 Å². The van der Waals surface area contributed by atoms with Crippen LogP contribution in [0.3, 0.4) is 0 Å². The largest absolute Gasteiger partial charge is 0.469 e. The first kappa shape index (κ1) is 23.6. The number of fused-ring (bicyclic) bond motifs is 1. The first-order chi connectivity index (χ1) is 17.4. The molecule has 2 aromatic heterocycles. The van der Waals surface area contributed by atoms with E-state index in [1.54, 1.807) is 12.1 Å². The van der Waals surface area contributed by atoms with E-state index < -0.39 is 0 Å². The maximum absolute atomic E-state index is 11.8. The fourth-order valence-electron chi connectivity index (χ4n) is 4.44. The Kier molecular flexibility index (Phi) is 6.25. The van der Waals surface area contributed by atoms with Crippen LogP contribution in [0.4, 0.5) is 23.1 Å². The number of methoxy groups -OCH3 is 1. The molecule has 2 aliphatic rings. The summed E-state index contributed by atoms with van der Waals surface area (Å²) in [6, 6.07) is 7.96. The number of nitriles is 2. The lowest BCUT2D eigenvalue weighted by atomic mass is 9.95. The Morgan fingerprint density at radius 1 is 1.28 bits per heavy atom. The summed E-state index contributed by atoms with van der Waals surface area (Å²) in [4.78, 5) is 22.8. The molecule has 184 valence electrons. The van der Waals surface area contributed by atoms with Crippen molar-refractivity contribution in [1.29, 1.82) is 10.5 Å². The summed E-state index contributed by atoms with van der Waals surface area (Å²) in [5.41, 5.74) is 2.30. The van der Waals surface area contributed by atoms with Crippen LogP contribution in [0.5, 0.6) is 0 Å².